The number of fused-ring (bicyclic) bond motifs is 2. The van der Waals surface area contributed by atoms with E-state index in [1.807, 2.05) is 24.3 Å². The zero-order valence-corrected chi connectivity index (χ0v) is 18.1. The molecular formula is C23H14N4O6S. The predicted octanol–water partition coefficient (Wildman–Crippen LogP) is 4.78. The van der Waals surface area contributed by atoms with Crippen LogP contribution in [-0.2, 0) is 4.79 Å². The summed E-state index contributed by atoms with van der Waals surface area (Å²) in [5.74, 6) is 0.400. The lowest BCUT2D eigenvalue weighted by atomic mass is 10.2. The van der Waals surface area contributed by atoms with Crippen LogP contribution in [0.25, 0.3) is 27.1 Å². The molecule has 4 aromatic rings. The van der Waals surface area contributed by atoms with Crippen molar-refractivity contribution < 1.29 is 23.6 Å². The van der Waals surface area contributed by atoms with E-state index in [-0.39, 0.29) is 47.4 Å². The number of para-hydroxylation sites is 1. The van der Waals surface area contributed by atoms with Gasteiger partial charge in [0, 0.05) is 12.1 Å². The van der Waals surface area contributed by atoms with Crippen LogP contribution in [0.1, 0.15) is 5.76 Å². The molecule has 0 saturated carbocycles. The van der Waals surface area contributed by atoms with E-state index < -0.39 is 10.8 Å². The Morgan fingerprint density at radius 3 is 2.68 bits per heavy atom. The molecule has 0 radical (unpaired) electrons. The number of anilines is 1. The summed E-state index contributed by atoms with van der Waals surface area (Å²) in [7, 11) is 0. The number of furan rings is 1. The summed E-state index contributed by atoms with van der Waals surface area (Å²) in [5.41, 5.74) is 0.0458. The first kappa shape index (κ1) is 21.2. The molecule has 11 heteroatoms. The Morgan fingerprint density at radius 2 is 1.94 bits per heavy atom. The van der Waals surface area contributed by atoms with Crippen LogP contribution in [0.5, 0.6) is 11.5 Å². The Labute approximate surface area is 195 Å². The Balaban J connectivity index is 1.40. The van der Waals surface area contributed by atoms with E-state index in [4.69, 9.17) is 13.9 Å². The van der Waals surface area contributed by atoms with Gasteiger partial charge in [0.1, 0.15) is 36.3 Å². The minimum Gasteiger partial charge on any atom is -0.486 e. The molecule has 0 fully saturated rings. The normalized spacial score (nSPS) is 12.9. The van der Waals surface area contributed by atoms with E-state index in [9.17, 15) is 20.2 Å². The highest BCUT2D eigenvalue weighted by molar-refractivity contribution is 7.21. The molecule has 1 N–H and O–H groups in total. The second-order valence-corrected chi connectivity index (χ2v) is 8.11. The van der Waals surface area contributed by atoms with E-state index in [0.29, 0.717) is 10.8 Å². The highest BCUT2D eigenvalue weighted by Crippen LogP contribution is 2.39. The van der Waals surface area contributed by atoms with Gasteiger partial charge in [0.05, 0.1) is 21.2 Å². The number of aromatic nitrogens is 1. The number of hydrogen-bond acceptors (Lipinski definition) is 9. The Kier molecular flexibility index (Phi) is 5.41. The highest BCUT2D eigenvalue weighted by Gasteiger charge is 2.24. The number of nitrogens with zero attached hydrogens (tertiary/aromatic N) is 3. The number of ether oxygens (including phenoxy) is 2. The van der Waals surface area contributed by atoms with Gasteiger partial charge in [-0.2, -0.15) is 5.26 Å². The number of nitrogens with one attached hydrogen (secondary N) is 1. The number of carbonyl (C=O) groups excluding carboxylic acids is 1. The summed E-state index contributed by atoms with van der Waals surface area (Å²) in [6, 6.07) is 15.3. The minimum absolute atomic E-state index is 0.116. The number of thiazole rings is 1. The van der Waals surface area contributed by atoms with E-state index in [1.165, 1.54) is 29.5 Å². The fraction of sp³-hybridized carbons (Fsp3) is 0.0870. The van der Waals surface area contributed by atoms with Gasteiger partial charge in [-0.1, -0.05) is 12.1 Å². The Morgan fingerprint density at radius 1 is 1.18 bits per heavy atom. The summed E-state index contributed by atoms with van der Waals surface area (Å²) in [5, 5.41) is 24.1. The number of rotatable bonds is 5. The number of nitro benzene ring substituents is 1. The van der Waals surface area contributed by atoms with Crippen molar-refractivity contribution in [3.05, 3.63) is 70.0 Å². The SMILES string of the molecule is N#C/C(=C\c1ccc(-c2nc3ccccc3s2)o1)C(=O)Nc1cc2c(cc1[N+](=O)[O-])OCCO2. The molecule has 0 spiro atoms. The fourth-order valence-electron chi connectivity index (χ4n) is 3.33. The number of carbonyl (C=O) groups is 1. The minimum atomic E-state index is -0.833. The first-order chi connectivity index (χ1) is 16.5. The van der Waals surface area contributed by atoms with Crippen molar-refractivity contribution in [3.63, 3.8) is 0 Å². The van der Waals surface area contributed by atoms with Crippen LogP contribution in [0.15, 0.2) is 58.5 Å². The third kappa shape index (κ3) is 4.05. The summed E-state index contributed by atoms with van der Waals surface area (Å²) >= 11 is 1.46. The predicted molar refractivity (Wildman–Crippen MR) is 124 cm³/mol. The number of nitro groups is 1. The second-order valence-electron chi connectivity index (χ2n) is 7.08. The summed E-state index contributed by atoms with van der Waals surface area (Å²) < 4.78 is 17.6. The van der Waals surface area contributed by atoms with Gasteiger partial charge < -0.3 is 19.2 Å². The average molecular weight is 474 g/mol. The van der Waals surface area contributed by atoms with Crippen molar-refractivity contribution in [1.82, 2.24) is 4.98 Å². The number of nitriles is 1. The molecular weight excluding hydrogens is 460 g/mol. The van der Waals surface area contributed by atoms with Gasteiger partial charge in [0.25, 0.3) is 11.6 Å². The van der Waals surface area contributed by atoms with Gasteiger partial charge in [-0.25, -0.2) is 4.98 Å². The summed E-state index contributed by atoms with van der Waals surface area (Å²) in [6.45, 7) is 0.538. The first-order valence-corrected chi connectivity index (χ1v) is 10.8. The van der Waals surface area contributed by atoms with Crippen molar-refractivity contribution in [2.24, 2.45) is 0 Å². The molecule has 5 rings (SSSR count). The summed E-state index contributed by atoms with van der Waals surface area (Å²) in [4.78, 5) is 28.1. The molecule has 168 valence electrons. The largest absolute Gasteiger partial charge is 0.486 e. The standard InChI is InChI=1S/C23H14N4O6S/c24-12-13(9-14-5-6-18(33-14)23-26-15-3-1-2-4-21(15)34-23)22(28)25-16-10-19-20(32-8-7-31-19)11-17(16)27(29)30/h1-6,9-11H,7-8H2,(H,25,28)/b13-9+. The monoisotopic (exact) mass is 474 g/mol. The van der Waals surface area contributed by atoms with Gasteiger partial charge in [-0.3, -0.25) is 14.9 Å². The molecule has 34 heavy (non-hydrogen) atoms. The number of benzene rings is 2. The van der Waals surface area contributed by atoms with Gasteiger partial charge in [0.15, 0.2) is 22.3 Å². The van der Waals surface area contributed by atoms with Crippen molar-refractivity contribution in [1.29, 1.82) is 5.26 Å². The quantitative estimate of drug-likeness (QED) is 0.189. The smallest absolute Gasteiger partial charge is 0.296 e. The van der Waals surface area contributed by atoms with E-state index in [0.717, 1.165) is 10.2 Å². The zero-order valence-electron chi connectivity index (χ0n) is 17.3. The second kappa shape index (κ2) is 8.68. The average Bonchev–Trinajstić information content (AvgIpc) is 3.48. The molecule has 1 amide bonds. The molecule has 10 nitrogen and oxygen atoms in total. The van der Waals surface area contributed by atoms with Crippen molar-refractivity contribution in [2.75, 3.05) is 18.5 Å². The van der Waals surface area contributed by atoms with Crippen LogP contribution in [-0.4, -0.2) is 29.0 Å². The van der Waals surface area contributed by atoms with Crippen molar-refractivity contribution >= 4 is 44.9 Å². The fourth-order valence-corrected chi connectivity index (χ4v) is 4.26. The Hall–Kier alpha value is -4.69. The lowest BCUT2D eigenvalue weighted by Gasteiger charge is -2.19. The lowest BCUT2D eigenvalue weighted by molar-refractivity contribution is -0.384. The molecule has 1 aliphatic heterocycles. The molecule has 0 atom stereocenters. The molecule has 0 unspecified atom stereocenters. The van der Waals surface area contributed by atoms with Crippen LogP contribution in [0.4, 0.5) is 11.4 Å². The third-order valence-corrected chi connectivity index (χ3v) is 5.94. The highest BCUT2D eigenvalue weighted by atomic mass is 32.1. The Bertz CT molecular complexity index is 1480. The lowest BCUT2D eigenvalue weighted by Crippen LogP contribution is -2.18. The molecule has 0 aliphatic carbocycles. The molecule has 0 bridgehead atoms. The van der Waals surface area contributed by atoms with Gasteiger partial charge in [0.2, 0.25) is 0 Å². The van der Waals surface area contributed by atoms with Gasteiger partial charge in [-0.05, 0) is 24.3 Å². The van der Waals surface area contributed by atoms with Crippen molar-refractivity contribution in [3.8, 4) is 28.3 Å². The maximum atomic E-state index is 12.7. The number of hydrogen-bond donors (Lipinski definition) is 1. The van der Waals surface area contributed by atoms with E-state index in [1.54, 1.807) is 18.2 Å². The van der Waals surface area contributed by atoms with Crippen LogP contribution < -0.4 is 14.8 Å². The maximum absolute atomic E-state index is 12.7. The van der Waals surface area contributed by atoms with Crippen LogP contribution >= 0.6 is 11.3 Å². The third-order valence-electron chi connectivity index (χ3n) is 4.89. The van der Waals surface area contributed by atoms with Gasteiger partial charge in [-0.15, -0.1) is 11.3 Å². The maximum Gasteiger partial charge on any atom is 0.296 e. The first-order valence-electron chi connectivity index (χ1n) is 9.99. The van der Waals surface area contributed by atoms with E-state index >= 15 is 0 Å². The zero-order chi connectivity index (χ0) is 23.7. The molecule has 3 heterocycles. The molecule has 2 aromatic carbocycles. The van der Waals surface area contributed by atoms with Crippen LogP contribution in [0, 0.1) is 21.4 Å². The molecule has 1 aliphatic rings. The van der Waals surface area contributed by atoms with E-state index in [2.05, 4.69) is 10.3 Å². The summed E-state index contributed by atoms with van der Waals surface area (Å²) in [6.07, 6.45) is 1.26. The molecule has 2 aromatic heterocycles. The van der Waals surface area contributed by atoms with Gasteiger partial charge >= 0.3 is 0 Å². The molecule has 0 saturated heterocycles. The number of amides is 1. The topological polar surface area (TPSA) is 141 Å². The van der Waals surface area contributed by atoms with Crippen LogP contribution in [0.3, 0.4) is 0 Å². The van der Waals surface area contributed by atoms with Crippen molar-refractivity contribution in [2.45, 2.75) is 0 Å². The van der Waals surface area contributed by atoms with Crippen LogP contribution in [0.2, 0.25) is 0 Å².